The summed E-state index contributed by atoms with van der Waals surface area (Å²) >= 11 is 0. The van der Waals surface area contributed by atoms with Crippen LogP contribution in [0.25, 0.3) is 0 Å². The zero-order valence-electron chi connectivity index (χ0n) is 9.76. The molecule has 2 heteroatoms. The molecule has 0 saturated carbocycles. The van der Waals surface area contributed by atoms with Crippen LogP contribution in [0.15, 0.2) is 11.6 Å². The fourth-order valence-corrected chi connectivity index (χ4v) is 1.85. The van der Waals surface area contributed by atoms with Crippen LogP contribution in [0.5, 0.6) is 0 Å². The van der Waals surface area contributed by atoms with Crippen LogP contribution >= 0.6 is 0 Å². The summed E-state index contributed by atoms with van der Waals surface area (Å²) in [6.07, 6.45) is 10.1. The summed E-state index contributed by atoms with van der Waals surface area (Å²) in [6.45, 7) is 3.03. The van der Waals surface area contributed by atoms with Crippen molar-refractivity contribution in [1.82, 2.24) is 0 Å². The summed E-state index contributed by atoms with van der Waals surface area (Å²) in [7, 11) is 0. The molecule has 0 amide bonds. The van der Waals surface area contributed by atoms with Crippen molar-refractivity contribution in [2.45, 2.75) is 51.9 Å². The number of carbonyl (C=O) groups is 1. The molecule has 1 rings (SSSR count). The van der Waals surface area contributed by atoms with Crippen molar-refractivity contribution in [1.29, 1.82) is 0 Å². The van der Waals surface area contributed by atoms with Crippen molar-refractivity contribution in [3.05, 3.63) is 11.6 Å². The number of hydrogen-bond acceptors (Lipinski definition) is 2. The molecule has 86 valence electrons. The molecule has 0 aromatic heterocycles. The molecular weight excluding hydrogens is 188 g/mol. The fraction of sp³-hybridized carbons (Fsp3) is 0.769. The van der Waals surface area contributed by atoms with Gasteiger partial charge in [-0.15, -0.1) is 0 Å². The first-order chi connectivity index (χ1) is 7.34. The van der Waals surface area contributed by atoms with E-state index in [1.54, 1.807) is 0 Å². The number of allylic oxidation sites excluding steroid dienone is 1. The first kappa shape index (κ1) is 12.4. The lowest BCUT2D eigenvalue weighted by Crippen LogP contribution is -2.12. The third-order valence-electron chi connectivity index (χ3n) is 2.73. The van der Waals surface area contributed by atoms with E-state index in [1.807, 2.05) is 0 Å². The highest BCUT2D eigenvalue weighted by molar-refractivity contribution is 5.96. The molecule has 0 atom stereocenters. The molecule has 0 unspecified atom stereocenters. The predicted octanol–water partition coefficient (Wildman–Crippen LogP) is 3.26. The predicted molar refractivity (Wildman–Crippen MR) is 61.9 cm³/mol. The quantitative estimate of drug-likeness (QED) is 0.651. The summed E-state index contributed by atoms with van der Waals surface area (Å²) < 4.78 is 5.28. The fourth-order valence-electron chi connectivity index (χ4n) is 1.85. The highest BCUT2D eigenvalue weighted by atomic mass is 16.5. The van der Waals surface area contributed by atoms with Gasteiger partial charge in [0.2, 0.25) is 0 Å². The van der Waals surface area contributed by atoms with Crippen LogP contribution in [-0.4, -0.2) is 19.0 Å². The Morgan fingerprint density at radius 3 is 2.93 bits per heavy atom. The second kappa shape index (κ2) is 7.63. The summed E-state index contributed by atoms with van der Waals surface area (Å²) in [5, 5.41) is 0. The molecule has 1 aliphatic carbocycles. The summed E-state index contributed by atoms with van der Waals surface area (Å²) in [5.74, 6) is 0.199. The first-order valence-corrected chi connectivity index (χ1v) is 6.14. The molecule has 0 spiro atoms. The number of carbonyl (C=O) groups excluding carboxylic acids is 1. The standard InChI is InChI=1S/C13H22O2/c1-2-10-15-11-13(14)12-8-6-4-3-5-7-9-12/h8H,2-7,9-11H2,1H3. The molecule has 1 aliphatic rings. The van der Waals surface area contributed by atoms with Crippen LogP contribution in [0.3, 0.4) is 0 Å². The van der Waals surface area contributed by atoms with Crippen LogP contribution in [-0.2, 0) is 9.53 Å². The zero-order valence-corrected chi connectivity index (χ0v) is 9.76. The van der Waals surface area contributed by atoms with Crippen LogP contribution < -0.4 is 0 Å². The lowest BCUT2D eigenvalue weighted by molar-refractivity contribution is -0.120. The van der Waals surface area contributed by atoms with Crippen LogP contribution in [0.1, 0.15) is 51.9 Å². The minimum atomic E-state index is 0.199. The van der Waals surface area contributed by atoms with Crippen LogP contribution in [0.4, 0.5) is 0 Å². The van der Waals surface area contributed by atoms with Crippen molar-refractivity contribution in [3.63, 3.8) is 0 Å². The highest BCUT2D eigenvalue weighted by Gasteiger charge is 2.10. The SMILES string of the molecule is CCCOCC(=O)C1=CCCCCCC1. The Morgan fingerprint density at radius 1 is 1.33 bits per heavy atom. The van der Waals surface area contributed by atoms with Crippen molar-refractivity contribution in [2.75, 3.05) is 13.2 Å². The number of rotatable bonds is 5. The molecule has 0 saturated heterocycles. The Hall–Kier alpha value is -0.630. The molecule has 0 radical (unpaired) electrons. The van der Waals surface area contributed by atoms with Gasteiger partial charge >= 0.3 is 0 Å². The van der Waals surface area contributed by atoms with Gasteiger partial charge in [-0.25, -0.2) is 0 Å². The molecule has 0 bridgehead atoms. The van der Waals surface area contributed by atoms with E-state index in [9.17, 15) is 4.79 Å². The monoisotopic (exact) mass is 210 g/mol. The minimum Gasteiger partial charge on any atom is -0.373 e. The van der Waals surface area contributed by atoms with Crippen LogP contribution in [0.2, 0.25) is 0 Å². The van der Waals surface area contributed by atoms with E-state index in [-0.39, 0.29) is 12.4 Å². The van der Waals surface area contributed by atoms with Gasteiger partial charge < -0.3 is 4.74 Å². The number of ketones is 1. The van der Waals surface area contributed by atoms with Gasteiger partial charge in [-0.2, -0.15) is 0 Å². The summed E-state index contributed by atoms with van der Waals surface area (Å²) in [4.78, 5) is 11.7. The maximum atomic E-state index is 11.7. The van der Waals surface area contributed by atoms with E-state index in [1.165, 1.54) is 19.3 Å². The van der Waals surface area contributed by atoms with Gasteiger partial charge in [-0.3, -0.25) is 4.79 Å². The van der Waals surface area contributed by atoms with Crippen molar-refractivity contribution in [3.8, 4) is 0 Å². The van der Waals surface area contributed by atoms with E-state index in [0.29, 0.717) is 6.61 Å². The molecular formula is C13H22O2. The van der Waals surface area contributed by atoms with Crippen molar-refractivity contribution < 1.29 is 9.53 Å². The molecule has 0 aliphatic heterocycles. The maximum Gasteiger partial charge on any atom is 0.184 e. The minimum absolute atomic E-state index is 0.199. The van der Waals surface area contributed by atoms with Gasteiger partial charge in [0, 0.05) is 6.61 Å². The highest BCUT2D eigenvalue weighted by Crippen LogP contribution is 2.17. The zero-order chi connectivity index (χ0) is 10.9. The molecule has 0 N–H and O–H groups in total. The van der Waals surface area contributed by atoms with Crippen molar-refractivity contribution in [2.24, 2.45) is 0 Å². The second-order valence-electron chi connectivity index (χ2n) is 4.16. The van der Waals surface area contributed by atoms with E-state index in [0.717, 1.165) is 31.3 Å². The van der Waals surface area contributed by atoms with E-state index in [2.05, 4.69) is 13.0 Å². The Kier molecular flexibility index (Phi) is 6.33. The third-order valence-corrected chi connectivity index (χ3v) is 2.73. The lowest BCUT2D eigenvalue weighted by atomic mass is 9.97. The van der Waals surface area contributed by atoms with Crippen LogP contribution in [0, 0.1) is 0 Å². The van der Waals surface area contributed by atoms with Gasteiger partial charge in [-0.05, 0) is 37.7 Å². The molecule has 2 nitrogen and oxygen atoms in total. The molecule has 0 aromatic carbocycles. The Morgan fingerprint density at radius 2 is 2.13 bits per heavy atom. The Labute approximate surface area is 92.7 Å². The van der Waals surface area contributed by atoms with E-state index in [4.69, 9.17) is 4.74 Å². The average molecular weight is 210 g/mol. The topological polar surface area (TPSA) is 26.3 Å². The number of Topliss-reactive ketones (excluding diaryl/α,β-unsaturated/α-hetero) is 1. The van der Waals surface area contributed by atoms with Gasteiger partial charge in [0.25, 0.3) is 0 Å². The van der Waals surface area contributed by atoms with Gasteiger partial charge in [0.15, 0.2) is 5.78 Å². The number of hydrogen-bond donors (Lipinski definition) is 0. The summed E-state index contributed by atoms with van der Waals surface area (Å²) in [6, 6.07) is 0. The molecule has 0 heterocycles. The largest absolute Gasteiger partial charge is 0.373 e. The third kappa shape index (κ3) is 5.12. The van der Waals surface area contributed by atoms with E-state index < -0.39 is 0 Å². The maximum absolute atomic E-state index is 11.7. The Bertz CT molecular complexity index is 219. The summed E-state index contributed by atoms with van der Waals surface area (Å²) in [5.41, 5.74) is 1.01. The van der Waals surface area contributed by atoms with Gasteiger partial charge in [0.05, 0.1) is 0 Å². The smallest absolute Gasteiger partial charge is 0.184 e. The van der Waals surface area contributed by atoms with Crippen molar-refractivity contribution >= 4 is 5.78 Å². The Balaban J connectivity index is 2.34. The average Bonchev–Trinajstić information content (AvgIpc) is 2.17. The van der Waals surface area contributed by atoms with E-state index >= 15 is 0 Å². The second-order valence-corrected chi connectivity index (χ2v) is 4.16. The van der Waals surface area contributed by atoms with Gasteiger partial charge in [0.1, 0.15) is 6.61 Å². The first-order valence-electron chi connectivity index (χ1n) is 6.14. The molecule has 0 fully saturated rings. The van der Waals surface area contributed by atoms with Gasteiger partial charge in [-0.1, -0.05) is 25.8 Å². The molecule has 0 aromatic rings. The molecule has 15 heavy (non-hydrogen) atoms. The number of ether oxygens (including phenoxy) is 1. The normalized spacial score (nSPS) is 17.8. The lowest BCUT2D eigenvalue weighted by Gasteiger charge is -2.10.